The number of rotatable bonds is 4. The number of H-pyrrole nitrogens is 1. The third kappa shape index (κ3) is 2.40. The van der Waals surface area contributed by atoms with Gasteiger partial charge in [-0.1, -0.05) is 0 Å². The van der Waals surface area contributed by atoms with Gasteiger partial charge in [0.2, 0.25) is 5.75 Å². The number of aryl methyl sites for hydroxylation is 1. The number of fused-ring (bicyclic) bond motifs is 1. The van der Waals surface area contributed by atoms with Gasteiger partial charge in [-0.25, -0.2) is 4.98 Å². The molecule has 0 atom stereocenters. The Bertz CT molecular complexity index is 926. The molecule has 0 saturated carbocycles. The fourth-order valence-electron chi connectivity index (χ4n) is 2.42. The molecule has 0 aliphatic heterocycles. The van der Waals surface area contributed by atoms with Gasteiger partial charge < -0.3 is 23.6 Å². The van der Waals surface area contributed by atoms with Crippen LogP contribution in [0.4, 0.5) is 0 Å². The Kier molecular flexibility index (Phi) is 3.69. The maximum atomic E-state index is 12.4. The zero-order valence-electron chi connectivity index (χ0n) is 13.2. The van der Waals surface area contributed by atoms with Crippen LogP contribution in [0.25, 0.3) is 22.5 Å². The van der Waals surface area contributed by atoms with Gasteiger partial charge in [0.25, 0.3) is 5.56 Å². The summed E-state index contributed by atoms with van der Waals surface area (Å²) in [6.07, 6.45) is 0. The molecule has 120 valence electrons. The molecule has 7 nitrogen and oxygen atoms in total. The number of nitrogens with zero attached hydrogens (tertiary/aromatic N) is 1. The number of methoxy groups -OCH3 is 3. The molecule has 0 unspecified atom stereocenters. The fourth-order valence-corrected chi connectivity index (χ4v) is 2.42. The Balaban J connectivity index is 2.37. The molecule has 1 aromatic carbocycles. The standard InChI is InChI=1S/C16H16N2O5/c1-8-5-6-10(23-8)15-17-12-9(16(19)18-15)7-11(20-2)13(21-3)14(12)22-4/h5-7H,1-4H3,(H,17,18,19). The second-order valence-corrected chi connectivity index (χ2v) is 4.87. The summed E-state index contributed by atoms with van der Waals surface area (Å²) in [6, 6.07) is 5.11. The van der Waals surface area contributed by atoms with Crippen molar-refractivity contribution < 1.29 is 18.6 Å². The van der Waals surface area contributed by atoms with Crippen molar-refractivity contribution >= 4 is 10.9 Å². The zero-order valence-corrected chi connectivity index (χ0v) is 13.2. The van der Waals surface area contributed by atoms with Gasteiger partial charge in [0, 0.05) is 0 Å². The maximum absolute atomic E-state index is 12.4. The molecule has 0 radical (unpaired) electrons. The average molecular weight is 316 g/mol. The van der Waals surface area contributed by atoms with Crippen molar-refractivity contribution in [3.63, 3.8) is 0 Å². The lowest BCUT2D eigenvalue weighted by Crippen LogP contribution is -2.11. The van der Waals surface area contributed by atoms with Crippen molar-refractivity contribution in [2.75, 3.05) is 21.3 Å². The third-order valence-electron chi connectivity index (χ3n) is 3.48. The third-order valence-corrected chi connectivity index (χ3v) is 3.48. The highest BCUT2D eigenvalue weighted by Crippen LogP contribution is 2.41. The van der Waals surface area contributed by atoms with Crippen LogP contribution < -0.4 is 19.8 Å². The Hall–Kier alpha value is -2.96. The highest BCUT2D eigenvalue weighted by molar-refractivity contribution is 5.90. The van der Waals surface area contributed by atoms with Crippen LogP contribution in [0.2, 0.25) is 0 Å². The second kappa shape index (κ2) is 5.68. The van der Waals surface area contributed by atoms with Crippen LogP contribution in [0, 0.1) is 6.92 Å². The van der Waals surface area contributed by atoms with Crippen molar-refractivity contribution in [3.05, 3.63) is 34.3 Å². The summed E-state index contributed by atoms with van der Waals surface area (Å²) in [5.74, 6) is 2.62. The number of hydrogen-bond donors (Lipinski definition) is 1. The first kappa shape index (κ1) is 15.0. The van der Waals surface area contributed by atoms with Crippen LogP contribution >= 0.6 is 0 Å². The summed E-state index contributed by atoms with van der Waals surface area (Å²) in [7, 11) is 4.47. The summed E-state index contributed by atoms with van der Waals surface area (Å²) >= 11 is 0. The number of ether oxygens (including phenoxy) is 3. The first-order valence-corrected chi connectivity index (χ1v) is 6.88. The van der Waals surface area contributed by atoms with Gasteiger partial charge >= 0.3 is 0 Å². The molecule has 3 rings (SSSR count). The minimum Gasteiger partial charge on any atom is -0.493 e. The van der Waals surface area contributed by atoms with Crippen LogP contribution in [0.3, 0.4) is 0 Å². The molecule has 0 amide bonds. The SMILES string of the molecule is COc1cc2c(=O)[nH]c(-c3ccc(C)o3)nc2c(OC)c1OC. The molecule has 0 saturated heterocycles. The average Bonchev–Trinajstić information content (AvgIpc) is 2.99. The molecule has 7 heteroatoms. The largest absolute Gasteiger partial charge is 0.493 e. The van der Waals surface area contributed by atoms with Crippen LogP contribution in [0.5, 0.6) is 17.2 Å². The van der Waals surface area contributed by atoms with E-state index in [1.165, 1.54) is 21.3 Å². The minimum atomic E-state index is -0.321. The van der Waals surface area contributed by atoms with Gasteiger partial charge in [-0.2, -0.15) is 0 Å². The number of benzene rings is 1. The Labute approximate surface area is 131 Å². The predicted molar refractivity (Wildman–Crippen MR) is 84.5 cm³/mol. The molecular weight excluding hydrogens is 300 g/mol. The van der Waals surface area contributed by atoms with E-state index < -0.39 is 0 Å². The topological polar surface area (TPSA) is 86.6 Å². The van der Waals surface area contributed by atoms with Gasteiger partial charge in [-0.3, -0.25) is 4.79 Å². The zero-order chi connectivity index (χ0) is 16.6. The first-order chi connectivity index (χ1) is 11.1. The molecule has 3 aromatic rings. The van der Waals surface area contributed by atoms with Crippen molar-refractivity contribution in [1.29, 1.82) is 0 Å². The summed E-state index contributed by atoms with van der Waals surface area (Å²) in [6.45, 7) is 1.82. The van der Waals surface area contributed by atoms with E-state index in [1.807, 2.05) is 6.92 Å². The quantitative estimate of drug-likeness (QED) is 0.796. The maximum Gasteiger partial charge on any atom is 0.259 e. The smallest absolute Gasteiger partial charge is 0.259 e. The molecule has 0 aliphatic carbocycles. The molecule has 0 fully saturated rings. The van der Waals surface area contributed by atoms with Crippen LogP contribution in [0.15, 0.2) is 27.4 Å². The fraction of sp³-hybridized carbons (Fsp3) is 0.250. The van der Waals surface area contributed by atoms with E-state index in [2.05, 4.69) is 9.97 Å². The normalized spacial score (nSPS) is 10.8. The Morgan fingerprint density at radius 1 is 1.09 bits per heavy atom. The van der Waals surface area contributed by atoms with Crippen LogP contribution in [0.1, 0.15) is 5.76 Å². The van der Waals surface area contributed by atoms with E-state index in [-0.39, 0.29) is 5.56 Å². The van der Waals surface area contributed by atoms with Crippen molar-refractivity contribution in [1.82, 2.24) is 9.97 Å². The van der Waals surface area contributed by atoms with Crippen molar-refractivity contribution in [2.45, 2.75) is 6.92 Å². The van der Waals surface area contributed by atoms with Gasteiger partial charge in [0.1, 0.15) is 11.3 Å². The number of aromatic amines is 1. The predicted octanol–water partition coefficient (Wildman–Crippen LogP) is 2.52. The molecule has 23 heavy (non-hydrogen) atoms. The Morgan fingerprint density at radius 2 is 1.83 bits per heavy atom. The molecular formula is C16H16N2O5. The highest BCUT2D eigenvalue weighted by atomic mass is 16.5. The van der Waals surface area contributed by atoms with Crippen molar-refractivity contribution in [3.8, 4) is 28.8 Å². The summed E-state index contributed by atoms with van der Waals surface area (Å²) in [5, 5.41) is 0.339. The minimum absolute atomic E-state index is 0.320. The summed E-state index contributed by atoms with van der Waals surface area (Å²) in [5.41, 5.74) is 0.0521. The van der Waals surface area contributed by atoms with Crippen molar-refractivity contribution in [2.24, 2.45) is 0 Å². The van der Waals surface area contributed by atoms with Gasteiger partial charge in [-0.15, -0.1) is 0 Å². The van der Waals surface area contributed by atoms with E-state index in [4.69, 9.17) is 18.6 Å². The van der Waals surface area contributed by atoms with E-state index in [0.29, 0.717) is 39.7 Å². The van der Waals surface area contributed by atoms with Gasteiger partial charge in [0.15, 0.2) is 23.1 Å². The first-order valence-electron chi connectivity index (χ1n) is 6.88. The highest BCUT2D eigenvalue weighted by Gasteiger charge is 2.20. The van der Waals surface area contributed by atoms with E-state index >= 15 is 0 Å². The van der Waals surface area contributed by atoms with Gasteiger partial charge in [-0.05, 0) is 25.1 Å². The number of nitrogens with one attached hydrogen (secondary N) is 1. The van der Waals surface area contributed by atoms with E-state index in [0.717, 1.165) is 5.76 Å². The molecule has 0 spiro atoms. The molecule has 0 aliphatic rings. The van der Waals surface area contributed by atoms with Gasteiger partial charge in [0.05, 0.1) is 26.7 Å². The number of aromatic nitrogens is 2. The van der Waals surface area contributed by atoms with Crippen LogP contribution in [-0.2, 0) is 0 Å². The van der Waals surface area contributed by atoms with E-state index in [1.54, 1.807) is 18.2 Å². The monoisotopic (exact) mass is 316 g/mol. The number of hydrogen-bond acceptors (Lipinski definition) is 6. The Morgan fingerprint density at radius 3 is 2.39 bits per heavy atom. The summed E-state index contributed by atoms with van der Waals surface area (Å²) in [4.78, 5) is 19.6. The molecule has 2 heterocycles. The summed E-state index contributed by atoms with van der Waals surface area (Å²) < 4.78 is 21.5. The number of furan rings is 1. The lowest BCUT2D eigenvalue weighted by atomic mass is 10.2. The molecule has 1 N–H and O–H groups in total. The molecule has 2 aromatic heterocycles. The lowest BCUT2D eigenvalue weighted by molar-refractivity contribution is 0.327. The van der Waals surface area contributed by atoms with Crippen LogP contribution in [-0.4, -0.2) is 31.3 Å². The second-order valence-electron chi connectivity index (χ2n) is 4.87. The van der Waals surface area contributed by atoms with E-state index in [9.17, 15) is 4.79 Å². The molecule has 0 bridgehead atoms. The lowest BCUT2D eigenvalue weighted by Gasteiger charge is -2.14.